The van der Waals surface area contributed by atoms with E-state index in [0.29, 0.717) is 11.3 Å². The van der Waals surface area contributed by atoms with E-state index in [0.717, 1.165) is 52.2 Å². The summed E-state index contributed by atoms with van der Waals surface area (Å²) in [5, 5.41) is 21.6. The topological polar surface area (TPSA) is 65.4 Å². The molecule has 1 unspecified atom stereocenters. The van der Waals surface area contributed by atoms with E-state index >= 15 is 0 Å². The third-order valence-electron chi connectivity index (χ3n) is 7.53. The molecule has 0 bridgehead atoms. The second-order valence-corrected chi connectivity index (χ2v) is 9.55. The highest BCUT2D eigenvalue weighted by atomic mass is 15.0. The molecular weight excluding hydrogens is 440 g/mol. The molecule has 0 spiro atoms. The van der Waals surface area contributed by atoms with E-state index in [1.54, 1.807) is 6.20 Å². The second kappa shape index (κ2) is 8.52. The van der Waals surface area contributed by atoms with Crippen LogP contribution in [0.4, 0.5) is 0 Å². The van der Waals surface area contributed by atoms with Gasteiger partial charge in [-0.3, -0.25) is 0 Å². The fourth-order valence-corrected chi connectivity index (χ4v) is 5.84. The van der Waals surface area contributed by atoms with Crippen LogP contribution in [0.5, 0.6) is 0 Å². The van der Waals surface area contributed by atoms with E-state index in [9.17, 15) is 10.5 Å². The van der Waals surface area contributed by atoms with Gasteiger partial charge in [0.1, 0.15) is 11.8 Å². The van der Waals surface area contributed by atoms with Crippen molar-refractivity contribution >= 4 is 33.1 Å². The van der Waals surface area contributed by atoms with Gasteiger partial charge in [0.2, 0.25) is 0 Å². The molecule has 2 aliphatic rings. The molecule has 6 rings (SSSR count). The number of benzene rings is 2. The summed E-state index contributed by atoms with van der Waals surface area (Å²) >= 11 is 0. The number of allylic oxidation sites excluding steroid dienone is 8. The lowest BCUT2D eigenvalue weighted by atomic mass is 9.66. The van der Waals surface area contributed by atoms with Crippen LogP contribution in [0.15, 0.2) is 96.7 Å². The van der Waals surface area contributed by atoms with E-state index in [4.69, 9.17) is 0 Å². The summed E-state index contributed by atoms with van der Waals surface area (Å²) in [6.07, 6.45) is 15.4. The van der Waals surface area contributed by atoms with Crippen LogP contribution in [0.1, 0.15) is 43.0 Å². The van der Waals surface area contributed by atoms with Crippen LogP contribution in [0.25, 0.3) is 33.1 Å². The Morgan fingerprint density at radius 2 is 1.81 bits per heavy atom. The van der Waals surface area contributed by atoms with Gasteiger partial charge in [-0.2, -0.15) is 10.5 Å². The number of hydrogen-bond acceptors (Lipinski definition) is 3. The van der Waals surface area contributed by atoms with Crippen LogP contribution in [-0.2, 0) is 0 Å². The van der Waals surface area contributed by atoms with Crippen LogP contribution in [0.2, 0.25) is 0 Å². The standard InChI is InChI=1S/C32H24N4/c1-32(17-7-6-11-26(32)24-10-8-18-35-28(24)21-34)27-12-3-5-14-31(27)36-29-13-4-2-9-23(29)25-19-22(20-33)15-16-30(25)36/h2-4,6-13,15-16,18-19H,5,14,17H2,1H3. The molecule has 2 aromatic carbocycles. The quantitative estimate of drug-likeness (QED) is 0.314. The van der Waals surface area contributed by atoms with Crippen molar-refractivity contribution in [2.75, 3.05) is 0 Å². The van der Waals surface area contributed by atoms with Crippen molar-refractivity contribution in [2.45, 2.75) is 26.2 Å². The van der Waals surface area contributed by atoms with E-state index in [1.807, 2.05) is 24.3 Å². The third-order valence-corrected chi connectivity index (χ3v) is 7.53. The fourth-order valence-electron chi connectivity index (χ4n) is 5.84. The molecule has 0 amide bonds. The van der Waals surface area contributed by atoms with Crippen LogP contribution in [0, 0.1) is 28.1 Å². The molecule has 4 heteroatoms. The van der Waals surface area contributed by atoms with Crippen molar-refractivity contribution in [2.24, 2.45) is 5.41 Å². The zero-order chi connectivity index (χ0) is 24.7. The van der Waals surface area contributed by atoms with Crippen molar-refractivity contribution in [3.05, 3.63) is 114 Å². The van der Waals surface area contributed by atoms with E-state index in [2.05, 4.69) is 89.3 Å². The Morgan fingerprint density at radius 1 is 0.944 bits per heavy atom. The minimum Gasteiger partial charge on any atom is -0.313 e. The molecule has 2 aromatic heterocycles. The SMILES string of the molecule is CC1(C2=C(n3c4ccccc4c4cc(C#N)ccc43)CCC=C2)CC=CC=C1c1cccnc1C#N. The second-order valence-electron chi connectivity index (χ2n) is 9.55. The third kappa shape index (κ3) is 3.23. The minimum atomic E-state index is -0.333. The Balaban J connectivity index is 1.66. The maximum Gasteiger partial charge on any atom is 0.147 e. The molecule has 172 valence electrons. The van der Waals surface area contributed by atoms with Crippen molar-refractivity contribution in [1.82, 2.24) is 9.55 Å². The Labute approximate surface area is 210 Å². The molecular formula is C32H24N4. The molecule has 0 saturated carbocycles. The smallest absolute Gasteiger partial charge is 0.147 e. The Kier molecular flexibility index (Phi) is 5.17. The monoisotopic (exact) mass is 464 g/mol. The largest absolute Gasteiger partial charge is 0.313 e. The lowest BCUT2D eigenvalue weighted by molar-refractivity contribution is 0.546. The highest BCUT2D eigenvalue weighted by Crippen LogP contribution is 2.51. The number of aromatic nitrogens is 2. The highest BCUT2D eigenvalue weighted by molar-refractivity contribution is 6.10. The average molecular weight is 465 g/mol. The number of pyridine rings is 1. The van der Waals surface area contributed by atoms with Crippen molar-refractivity contribution in [3.63, 3.8) is 0 Å². The van der Waals surface area contributed by atoms with Gasteiger partial charge in [0.15, 0.2) is 0 Å². The first kappa shape index (κ1) is 21.8. The summed E-state index contributed by atoms with van der Waals surface area (Å²) < 4.78 is 2.39. The summed E-state index contributed by atoms with van der Waals surface area (Å²) in [6.45, 7) is 2.28. The maximum atomic E-state index is 9.80. The average Bonchev–Trinajstić information content (AvgIpc) is 3.27. The molecule has 0 aliphatic heterocycles. The first-order valence-corrected chi connectivity index (χ1v) is 12.2. The summed E-state index contributed by atoms with van der Waals surface area (Å²) in [6, 6.07) is 22.9. The molecule has 0 saturated heterocycles. The zero-order valence-electron chi connectivity index (χ0n) is 20.1. The summed E-state index contributed by atoms with van der Waals surface area (Å²) in [4.78, 5) is 4.36. The first-order valence-electron chi connectivity index (χ1n) is 12.2. The number of hydrogen-bond donors (Lipinski definition) is 0. The van der Waals surface area contributed by atoms with Gasteiger partial charge in [-0.15, -0.1) is 0 Å². The van der Waals surface area contributed by atoms with Crippen molar-refractivity contribution in [1.29, 1.82) is 10.5 Å². The van der Waals surface area contributed by atoms with Crippen LogP contribution < -0.4 is 0 Å². The molecule has 1 atom stereocenters. The summed E-state index contributed by atoms with van der Waals surface area (Å²) in [7, 11) is 0. The lowest BCUT2D eigenvalue weighted by Crippen LogP contribution is -2.25. The van der Waals surface area contributed by atoms with Crippen LogP contribution in [0.3, 0.4) is 0 Å². The molecule has 0 radical (unpaired) electrons. The van der Waals surface area contributed by atoms with Gasteiger partial charge < -0.3 is 4.57 Å². The molecule has 2 aliphatic carbocycles. The van der Waals surface area contributed by atoms with Gasteiger partial charge >= 0.3 is 0 Å². The first-order chi connectivity index (χ1) is 17.7. The van der Waals surface area contributed by atoms with Gasteiger partial charge in [-0.1, -0.05) is 61.6 Å². The van der Waals surface area contributed by atoms with Crippen molar-refractivity contribution < 1.29 is 0 Å². The maximum absolute atomic E-state index is 9.80. The molecule has 0 fully saturated rings. The Hall–Kier alpha value is -4.67. The summed E-state index contributed by atoms with van der Waals surface area (Å²) in [5.74, 6) is 0. The lowest BCUT2D eigenvalue weighted by Gasteiger charge is -2.38. The molecule has 36 heavy (non-hydrogen) atoms. The molecule has 2 heterocycles. The molecule has 4 nitrogen and oxygen atoms in total. The molecule has 4 aromatic rings. The minimum absolute atomic E-state index is 0.333. The normalized spacial score (nSPS) is 19.4. The van der Waals surface area contributed by atoms with Gasteiger partial charge in [-0.25, -0.2) is 4.98 Å². The number of nitriles is 2. The van der Waals surface area contributed by atoms with Crippen molar-refractivity contribution in [3.8, 4) is 12.1 Å². The Morgan fingerprint density at radius 3 is 2.67 bits per heavy atom. The summed E-state index contributed by atoms with van der Waals surface area (Å²) in [5.41, 5.74) is 7.55. The predicted molar refractivity (Wildman–Crippen MR) is 145 cm³/mol. The van der Waals surface area contributed by atoms with Gasteiger partial charge in [-0.05, 0) is 60.7 Å². The van der Waals surface area contributed by atoms with Crippen LogP contribution in [-0.4, -0.2) is 9.55 Å². The van der Waals surface area contributed by atoms with Crippen LogP contribution >= 0.6 is 0 Å². The fraction of sp³-hybridized carbons (Fsp3) is 0.156. The van der Waals surface area contributed by atoms with Gasteiger partial charge in [0.25, 0.3) is 0 Å². The van der Waals surface area contributed by atoms with Gasteiger partial charge in [0, 0.05) is 33.6 Å². The molecule has 0 N–H and O–H groups in total. The zero-order valence-corrected chi connectivity index (χ0v) is 20.1. The number of nitrogens with zero attached hydrogens (tertiary/aromatic N) is 4. The Bertz CT molecular complexity index is 1750. The van der Waals surface area contributed by atoms with E-state index in [1.165, 1.54) is 11.3 Å². The predicted octanol–water partition coefficient (Wildman–Crippen LogP) is 7.54. The highest BCUT2D eigenvalue weighted by Gasteiger charge is 2.37. The van der Waals surface area contributed by atoms with E-state index < -0.39 is 0 Å². The number of fused-ring (bicyclic) bond motifs is 3. The van der Waals surface area contributed by atoms with Gasteiger partial charge in [0.05, 0.1) is 22.7 Å². The number of para-hydroxylation sites is 1. The number of rotatable bonds is 3. The van der Waals surface area contributed by atoms with E-state index in [-0.39, 0.29) is 5.41 Å².